The van der Waals surface area contributed by atoms with E-state index < -0.39 is 12.2 Å². The predicted molar refractivity (Wildman–Crippen MR) is 118 cm³/mol. The second-order valence-corrected chi connectivity index (χ2v) is 4.49. The van der Waals surface area contributed by atoms with E-state index in [1.54, 1.807) is 6.92 Å². The molecule has 4 unspecified atom stereocenters. The van der Waals surface area contributed by atoms with Crippen LogP contribution in [0.2, 0.25) is 0 Å². The molecule has 0 aromatic rings. The van der Waals surface area contributed by atoms with Crippen LogP contribution in [-0.4, -0.2) is 46.2 Å². The zero-order valence-electron chi connectivity index (χ0n) is 12.8. The molecule has 0 rings (SSSR count). The molecule has 5 nitrogen and oxygen atoms in total. The van der Waals surface area contributed by atoms with Gasteiger partial charge in [0.2, 0.25) is 0 Å². The van der Waals surface area contributed by atoms with Crippen molar-refractivity contribution in [2.45, 2.75) is 118 Å². The minimum atomic E-state index is -0.821. The number of esters is 1. The van der Waals surface area contributed by atoms with E-state index in [1.165, 1.54) is 6.92 Å². The smallest absolute Gasteiger partial charge is 1.00 e. The molecule has 0 heterocycles. The van der Waals surface area contributed by atoms with Crippen molar-refractivity contribution in [1.82, 2.24) is 0 Å². The maximum absolute atomic E-state index is 10.8. The monoisotopic (exact) mass is 416 g/mol. The van der Waals surface area contributed by atoms with E-state index in [-0.39, 0.29) is 137 Å². The Morgan fingerprint density at radius 3 is 1.62 bits per heavy atom. The molecule has 0 bridgehead atoms. The van der Waals surface area contributed by atoms with Crippen LogP contribution in [0.25, 0.3) is 0 Å². The topological polar surface area (TPSA) is 87.0 Å². The van der Waals surface area contributed by atoms with Gasteiger partial charge in [0.25, 0.3) is 0 Å². The first kappa shape index (κ1) is 63.2. The summed E-state index contributed by atoms with van der Waals surface area (Å²) in [5, 5.41) is 27.9. The molecule has 0 spiro atoms. The Kier molecular flexibility index (Phi) is 89.5. The van der Waals surface area contributed by atoms with Crippen molar-refractivity contribution in [2.24, 2.45) is 5.92 Å². The molecule has 0 aliphatic rings. The van der Waals surface area contributed by atoms with Crippen molar-refractivity contribution in [2.75, 3.05) is 6.61 Å². The normalized spacial score (nSPS) is 11.9. The maximum Gasteiger partial charge on any atom is 1.00 e. The Morgan fingerprint density at radius 2 is 1.35 bits per heavy atom. The van der Waals surface area contributed by atoms with Crippen LogP contribution in [-0.2, 0) is 9.53 Å². The molecule has 4 atom stereocenters. The second kappa shape index (κ2) is 36.8. The number of ether oxygens (including phenoxy) is 1. The van der Waals surface area contributed by atoms with Gasteiger partial charge in [0.15, 0.2) is 0 Å². The summed E-state index contributed by atoms with van der Waals surface area (Å²) in [4.78, 5) is 10.8. The maximum atomic E-state index is 10.8. The third-order valence-corrected chi connectivity index (χ3v) is 2.81. The number of hydrogen-bond donors (Lipinski definition) is 3. The SMILES string of the molecule is C.C.C.C.C.C.C.C.CCC(CC(O)CC(C)C(O)CO)OC(C)=O.[H-].[K+]. The summed E-state index contributed by atoms with van der Waals surface area (Å²) < 4.78 is 5.03. The molecule has 3 N–H and O–H groups in total. The van der Waals surface area contributed by atoms with Crippen molar-refractivity contribution >= 4 is 5.97 Å². The van der Waals surface area contributed by atoms with Crippen LogP contribution < -0.4 is 51.4 Å². The standard InChI is InChI=1S/C12H24O5.8CH4.K.H/c1-4-11(17-9(3)14)6-10(15)5-8(2)12(16)7-13;;;;;;;;;;/h8,10-13,15-16H,4-7H2,1-3H3;8*1H4;;/q;;;;;;;;;+1;-1. The number of carbonyl (C=O) groups is 1. The Balaban J connectivity index is -0.0000000284. The molecule has 0 saturated heterocycles. The van der Waals surface area contributed by atoms with Crippen molar-refractivity contribution < 1.29 is 77.7 Å². The van der Waals surface area contributed by atoms with E-state index in [1.807, 2.05) is 6.92 Å². The van der Waals surface area contributed by atoms with Crippen LogP contribution >= 0.6 is 0 Å². The minimum Gasteiger partial charge on any atom is -1.00 e. The van der Waals surface area contributed by atoms with Crippen molar-refractivity contribution in [3.63, 3.8) is 0 Å². The van der Waals surface area contributed by atoms with Gasteiger partial charge in [-0.2, -0.15) is 0 Å². The van der Waals surface area contributed by atoms with E-state index in [4.69, 9.17) is 9.84 Å². The number of aliphatic hydroxyl groups excluding tert-OH is 3. The van der Waals surface area contributed by atoms with Crippen LogP contribution in [0.1, 0.15) is 101 Å². The Morgan fingerprint density at radius 1 is 0.962 bits per heavy atom. The van der Waals surface area contributed by atoms with Crippen LogP contribution in [0.4, 0.5) is 0 Å². The van der Waals surface area contributed by atoms with Gasteiger partial charge >= 0.3 is 57.4 Å². The average Bonchev–Trinajstić information content (AvgIpc) is 2.25. The summed E-state index contributed by atoms with van der Waals surface area (Å²) in [6.45, 7) is 4.67. The number of hydrogen-bond acceptors (Lipinski definition) is 5. The molecule has 0 amide bonds. The van der Waals surface area contributed by atoms with Crippen LogP contribution in [0.15, 0.2) is 0 Å². The minimum absolute atomic E-state index is 0. The zero-order chi connectivity index (χ0) is 13.4. The number of aliphatic hydroxyl groups is 3. The number of carbonyl (C=O) groups excluding carboxylic acids is 1. The van der Waals surface area contributed by atoms with Gasteiger partial charge in [-0.1, -0.05) is 73.3 Å². The van der Waals surface area contributed by atoms with Crippen molar-refractivity contribution in [1.29, 1.82) is 0 Å². The Hall–Kier alpha value is 0.986. The van der Waals surface area contributed by atoms with Gasteiger partial charge in [0, 0.05) is 13.3 Å². The quantitative estimate of drug-likeness (QED) is 0.418. The second-order valence-electron chi connectivity index (χ2n) is 4.49. The molecule has 0 saturated carbocycles. The van der Waals surface area contributed by atoms with E-state index in [0.29, 0.717) is 19.3 Å². The molecule has 0 aromatic carbocycles. The summed E-state index contributed by atoms with van der Waals surface area (Å²) in [6, 6.07) is 0. The van der Waals surface area contributed by atoms with Crippen LogP contribution in [0.3, 0.4) is 0 Å². The average molecular weight is 417 g/mol. The first-order chi connectivity index (χ1) is 7.90. The zero-order valence-corrected chi connectivity index (χ0v) is 14.9. The first-order valence-corrected chi connectivity index (χ1v) is 6.04. The molecule has 0 aromatic heterocycles. The largest absolute Gasteiger partial charge is 1.00 e. The fourth-order valence-electron chi connectivity index (χ4n) is 1.70. The predicted octanol–water partition coefficient (Wildman–Crippen LogP) is 2.66. The van der Waals surface area contributed by atoms with Gasteiger partial charge < -0.3 is 21.5 Å². The molecule has 168 valence electrons. The fourth-order valence-corrected chi connectivity index (χ4v) is 1.70. The molecule has 6 heteroatoms. The summed E-state index contributed by atoms with van der Waals surface area (Å²) in [5.74, 6) is -0.544. The fraction of sp³-hybridized carbons (Fsp3) is 0.950. The first-order valence-electron chi connectivity index (χ1n) is 6.04. The van der Waals surface area contributed by atoms with Gasteiger partial charge in [0.1, 0.15) is 6.10 Å². The molecule has 0 fully saturated rings. The van der Waals surface area contributed by atoms with E-state index >= 15 is 0 Å². The number of rotatable bonds is 8. The molecule has 0 aliphatic carbocycles. The third kappa shape index (κ3) is 32.6. The van der Waals surface area contributed by atoms with Gasteiger partial charge in [-0.15, -0.1) is 0 Å². The molecular formula is C20H57KO5. The Bertz CT molecular complexity index is 234. The third-order valence-electron chi connectivity index (χ3n) is 2.81. The van der Waals surface area contributed by atoms with E-state index in [9.17, 15) is 15.0 Å². The molecule has 0 aliphatic heterocycles. The van der Waals surface area contributed by atoms with Gasteiger partial charge in [-0.05, 0) is 18.8 Å². The van der Waals surface area contributed by atoms with Crippen molar-refractivity contribution in [3.05, 3.63) is 0 Å². The van der Waals surface area contributed by atoms with Crippen LogP contribution in [0, 0.1) is 5.92 Å². The summed E-state index contributed by atoms with van der Waals surface area (Å²) in [7, 11) is 0. The van der Waals surface area contributed by atoms with Gasteiger partial charge in [0.05, 0.1) is 18.8 Å². The molecule has 26 heavy (non-hydrogen) atoms. The Labute approximate surface area is 212 Å². The summed E-state index contributed by atoms with van der Waals surface area (Å²) in [6.07, 6.45) is -0.374. The van der Waals surface area contributed by atoms with Gasteiger partial charge in [-0.3, -0.25) is 4.79 Å². The van der Waals surface area contributed by atoms with E-state index in [2.05, 4.69) is 0 Å². The van der Waals surface area contributed by atoms with Crippen molar-refractivity contribution in [3.8, 4) is 0 Å². The summed E-state index contributed by atoms with van der Waals surface area (Å²) >= 11 is 0. The molecule has 0 radical (unpaired) electrons. The van der Waals surface area contributed by atoms with E-state index in [0.717, 1.165) is 0 Å². The summed E-state index contributed by atoms with van der Waals surface area (Å²) in [5.41, 5.74) is 0. The van der Waals surface area contributed by atoms with Crippen LogP contribution in [0.5, 0.6) is 0 Å². The van der Waals surface area contributed by atoms with Gasteiger partial charge in [-0.25, -0.2) is 0 Å². The molecular weight excluding hydrogens is 359 g/mol.